The fourth-order valence-corrected chi connectivity index (χ4v) is 6.34. The molecule has 3 aliphatic rings. The van der Waals surface area contributed by atoms with Crippen molar-refractivity contribution >= 4 is 26.8 Å². The summed E-state index contributed by atoms with van der Waals surface area (Å²) in [6.45, 7) is 4.26. The van der Waals surface area contributed by atoms with Crippen LogP contribution in [-0.2, 0) is 16.8 Å². The van der Waals surface area contributed by atoms with Crippen molar-refractivity contribution in [3.05, 3.63) is 34.9 Å². The molecule has 31 heavy (non-hydrogen) atoms. The van der Waals surface area contributed by atoms with Crippen LogP contribution in [0, 0.1) is 5.92 Å². The minimum absolute atomic E-state index is 0.0248. The molecule has 1 aromatic carbocycles. The van der Waals surface area contributed by atoms with E-state index >= 15 is 0 Å². The Bertz CT molecular complexity index is 1100. The molecule has 1 aliphatic carbocycles. The van der Waals surface area contributed by atoms with Gasteiger partial charge in [-0.3, -0.25) is 9.36 Å². The van der Waals surface area contributed by atoms with E-state index in [1.54, 1.807) is 19.5 Å². The van der Waals surface area contributed by atoms with Gasteiger partial charge in [0, 0.05) is 51.5 Å². The third kappa shape index (κ3) is 4.36. The van der Waals surface area contributed by atoms with Crippen LogP contribution in [-0.4, -0.2) is 65.8 Å². The summed E-state index contributed by atoms with van der Waals surface area (Å²) in [5.74, 6) is 0.623. The maximum atomic E-state index is 13.0. The summed E-state index contributed by atoms with van der Waals surface area (Å²) in [5, 5.41) is 0.647. The van der Waals surface area contributed by atoms with Crippen LogP contribution in [0.15, 0.2) is 29.3 Å². The first-order chi connectivity index (χ1) is 15.0. The van der Waals surface area contributed by atoms with Gasteiger partial charge in [0.25, 0.3) is 15.8 Å². The second-order valence-corrected chi connectivity index (χ2v) is 11.0. The van der Waals surface area contributed by atoms with E-state index in [2.05, 4.69) is 9.88 Å². The Morgan fingerprint density at radius 2 is 1.58 bits per heavy atom. The normalized spacial score (nSPS) is 22.0. The predicted molar refractivity (Wildman–Crippen MR) is 121 cm³/mol. The molecule has 2 aromatic rings. The van der Waals surface area contributed by atoms with Crippen LogP contribution in [0.3, 0.4) is 0 Å². The topological polar surface area (TPSA) is 78.8 Å². The van der Waals surface area contributed by atoms with Gasteiger partial charge in [-0.15, -0.1) is 0 Å². The number of aromatic nitrogens is 2. The standard InChI is InChI=1S/C22H31N5O3S/c28-22-20-8-7-19(15-21(20)23-17-25(22)16-18-5-6-18)24-11-13-27(14-12-24)31(29,30)26-9-3-1-2-4-10-26/h7-8,15,17-18H,1-6,9-14,16H2. The van der Waals surface area contributed by atoms with Crippen LogP contribution >= 0.6 is 0 Å². The van der Waals surface area contributed by atoms with E-state index in [9.17, 15) is 13.2 Å². The van der Waals surface area contributed by atoms with E-state index in [4.69, 9.17) is 0 Å². The highest BCUT2D eigenvalue weighted by Gasteiger charge is 2.32. The molecule has 0 bridgehead atoms. The number of nitrogens with zero attached hydrogens (tertiary/aromatic N) is 5. The van der Waals surface area contributed by atoms with Gasteiger partial charge in [0.2, 0.25) is 0 Å². The van der Waals surface area contributed by atoms with Gasteiger partial charge in [0.05, 0.1) is 17.2 Å². The van der Waals surface area contributed by atoms with E-state index in [0.29, 0.717) is 56.1 Å². The maximum absolute atomic E-state index is 13.0. The van der Waals surface area contributed by atoms with Crippen LogP contribution in [0.2, 0.25) is 0 Å². The van der Waals surface area contributed by atoms with Crippen molar-refractivity contribution in [2.24, 2.45) is 5.92 Å². The van der Waals surface area contributed by atoms with Crippen LogP contribution in [0.5, 0.6) is 0 Å². The van der Waals surface area contributed by atoms with Crippen LogP contribution in [0.1, 0.15) is 38.5 Å². The molecule has 0 unspecified atom stereocenters. The SMILES string of the molecule is O=c1c2ccc(N3CCN(S(=O)(=O)N4CCCCCC4)CC3)cc2ncn1CC1CC1. The van der Waals surface area contributed by atoms with Crippen molar-refractivity contribution in [1.29, 1.82) is 0 Å². The van der Waals surface area contributed by atoms with Gasteiger partial charge in [-0.1, -0.05) is 12.8 Å². The zero-order valence-corrected chi connectivity index (χ0v) is 18.8. The Morgan fingerprint density at radius 1 is 0.903 bits per heavy atom. The van der Waals surface area contributed by atoms with Gasteiger partial charge in [-0.2, -0.15) is 17.0 Å². The zero-order chi connectivity index (χ0) is 21.4. The second-order valence-electron chi connectivity index (χ2n) is 9.05. The first-order valence-corrected chi connectivity index (χ1v) is 12.9. The molecule has 0 N–H and O–H groups in total. The van der Waals surface area contributed by atoms with Crippen molar-refractivity contribution in [3.8, 4) is 0 Å². The molecule has 168 valence electrons. The summed E-state index contributed by atoms with van der Waals surface area (Å²) >= 11 is 0. The number of rotatable bonds is 5. The fourth-order valence-electron chi connectivity index (χ4n) is 4.66. The highest BCUT2D eigenvalue weighted by molar-refractivity contribution is 7.86. The predicted octanol–water partition coefficient (Wildman–Crippen LogP) is 2.05. The molecular weight excluding hydrogens is 414 g/mol. The largest absolute Gasteiger partial charge is 0.369 e. The van der Waals surface area contributed by atoms with Crippen molar-refractivity contribution in [2.45, 2.75) is 45.1 Å². The summed E-state index contributed by atoms with van der Waals surface area (Å²) in [6, 6.07) is 5.78. The number of piperazine rings is 1. The third-order valence-corrected chi connectivity index (χ3v) is 8.82. The zero-order valence-electron chi connectivity index (χ0n) is 17.9. The Kier molecular flexibility index (Phi) is 5.75. The van der Waals surface area contributed by atoms with E-state index in [1.165, 1.54) is 12.8 Å². The summed E-state index contributed by atoms with van der Waals surface area (Å²) in [5.41, 5.74) is 1.72. The molecule has 0 amide bonds. The molecule has 9 heteroatoms. The smallest absolute Gasteiger partial charge is 0.282 e. The lowest BCUT2D eigenvalue weighted by Gasteiger charge is -2.37. The van der Waals surface area contributed by atoms with Crippen LogP contribution in [0.4, 0.5) is 5.69 Å². The minimum atomic E-state index is -3.38. The molecule has 0 atom stereocenters. The van der Waals surface area contributed by atoms with Crippen molar-refractivity contribution in [2.75, 3.05) is 44.2 Å². The molecule has 1 saturated carbocycles. The lowest BCUT2D eigenvalue weighted by Crippen LogP contribution is -2.53. The van der Waals surface area contributed by atoms with Gasteiger partial charge in [0.15, 0.2) is 0 Å². The van der Waals surface area contributed by atoms with E-state index in [1.807, 2.05) is 18.2 Å². The highest BCUT2D eigenvalue weighted by atomic mass is 32.2. The van der Waals surface area contributed by atoms with Crippen molar-refractivity contribution in [3.63, 3.8) is 0 Å². The van der Waals surface area contributed by atoms with Crippen LogP contribution in [0.25, 0.3) is 10.9 Å². The molecule has 2 aliphatic heterocycles. The van der Waals surface area contributed by atoms with E-state index in [0.717, 1.165) is 37.9 Å². The molecule has 0 spiro atoms. The Hall–Kier alpha value is -1.97. The van der Waals surface area contributed by atoms with Gasteiger partial charge in [0.1, 0.15) is 0 Å². The van der Waals surface area contributed by atoms with Gasteiger partial charge in [-0.05, 0) is 49.8 Å². The molecular formula is C22H31N5O3S. The monoisotopic (exact) mass is 445 g/mol. The number of benzene rings is 1. The summed E-state index contributed by atoms with van der Waals surface area (Å²) < 4.78 is 31.1. The molecule has 2 saturated heterocycles. The Labute approximate surface area is 183 Å². The second kappa shape index (κ2) is 8.52. The number of fused-ring (bicyclic) bond motifs is 1. The average molecular weight is 446 g/mol. The summed E-state index contributed by atoms with van der Waals surface area (Å²) in [6.07, 6.45) is 8.18. The third-order valence-electron chi connectivity index (χ3n) is 6.78. The Balaban J connectivity index is 1.28. The number of hydrogen-bond acceptors (Lipinski definition) is 5. The molecule has 3 heterocycles. The highest BCUT2D eigenvalue weighted by Crippen LogP contribution is 2.30. The molecule has 5 rings (SSSR count). The van der Waals surface area contributed by atoms with E-state index in [-0.39, 0.29) is 5.56 Å². The summed E-state index contributed by atoms with van der Waals surface area (Å²) in [7, 11) is -3.38. The van der Waals surface area contributed by atoms with Gasteiger partial charge in [-0.25, -0.2) is 4.98 Å². The lowest BCUT2D eigenvalue weighted by atomic mass is 10.2. The minimum Gasteiger partial charge on any atom is -0.369 e. The molecule has 3 fully saturated rings. The molecule has 1 aromatic heterocycles. The first kappa shape index (κ1) is 20.9. The molecule has 0 radical (unpaired) electrons. The lowest BCUT2D eigenvalue weighted by molar-refractivity contribution is 0.327. The fraction of sp³-hybridized carbons (Fsp3) is 0.636. The van der Waals surface area contributed by atoms with Crippen molar-refractivity contribution in [1.82, 2.24) is 18.2 Å². The number of hydrogen-bond donors (Lipinski definition) is 0. The average Bonchev–Trinajstić information content (AvgIpc) is 3.62. The molecule has 8 nitrogen and oxygen atoms in total. The maximum Gasteiger partial charge on any atom is 0.282 e. The quantitative estimate of drug-likeness (QED) is 0.704. The van der Waals surface area contributed by atoms with Crippen molar-refractivity contribution < 1.29 is 8.42 Å². The first-order valence-electron chi connectivity index (χ1n) is 11.5. The summed E-state index contributed by atoms with van der Waals surface area (Å²) in [4.78, 5) is 19.5. The number of anilines is 1. The van der Waals surface area contributed by atoms with Gasteiger partial charge >= 0.3 is 0 Å². The van der Waals surface area contributed by atoms with E-state index < -0.39 is 10.2 Å². The van der Waals surface area contributed by atoms with Gasteiger partial charge < -0.3 is 4.90 Å². The van der Waals surface area contributed by atoms with Crippen LogP contribution < -0.4 is 10.5 Å². The Morgan fingerprint density at radius 3 is 2.26 bits per heavy atom.